The predicted octanol–water partition coefficient (Wildman–Crippen LogP) is 1.86. The van der Waals surface area contributed by atoms with Crippen LogP contribution in [0.2, 0.25) is 0 Å². The summed E-state index contributed by atoms with van der Waals surface area (Å²) in [5.74, 6) is 1.14. The molecule has 1 aliphatic rings. The summed E-state index contributed by atoms with van der Waals surface area (Å²) in [4.78, 5) is 4.61. The van der Waals surface area contributed by atoms with Crippen LogP contribution in [0.25, 0.3) is 5.69 Å². The molecule has 28 heavy (non-hydrogen) atoms. The van der Waals surface area contributed by atoms with Gasteiger partial charge < -0.3 is 10.6 Å². The molecule has 1 aromatic heterocycles. The second kappa shape index (κ2) is 9.23. The molecule has 0 aliphatic carbocycles. The van der Waals surface area contributed by atoms with Gasteiger partial charge in [0.15, 0.2) is 15.8 Å². The van der Waals surface area contributed by atoms with E-state index in [0.717, 1.165) is 30.8 Å². The molecule has 0 radical (unpaired) electrons. The van der Waals surface area contributed by atoms with Crippen LogP contribution in [0, 0.1) is 6.92 Å². The topological polar surface area (TPSA) is 88.4 Å². The number of benzene rings is 1. The molecule has 1 atom stereocenters. The van der Waals surface area contributed by atoms with Crippen molar-refractivity contribution in [3.8, 4) is 5.69 Å². The van der Waals surface area contributed by atoms with Crippen LogP contribution in [0.4, 0.5) is 0 Å². The molecule has 152 valence electrons. The first-order valence-corrected chi connectivity index (χ1v) is 11.6. The number of nitrogens with one attached hydrogen (secondary N) is 2. The average Bonchev–Trinajstić information content (AvgIpc) is 3.21. The predicted molar refractivity (Wildman–Crippen MR) is 113 cm³/mol. The molecule has 1 aromatic carbocycles. The van der Waals surface area contributed by atoms with Gasteiger partial charge in [0.1, 0.15) is 0 Å². The molecule has 1 saturated heterocycles. The maximum Gasteiger partial charge on any atom is 0.191 e. The quantitative estimate of drug-likeness (QED) is 0.418. The van der Waals surface area contributed by atoms with E-state index in [1.54, 1.807) is 0 Å². The van der Waals surface area contributed by atoms with E-state index >= 15 is 0 Å². The van der Waals surface area contributed by atoms with E-state index in [1.807, 2.05) is 48.9 Å². The number of hydrogen-bond acceptors (Lipinski definition) is 4. The lowest BCUT2D eigenvalue weighted by Gasteiger charge is -2.15. The van der Waals surface area contributed by atoms with E-state index in [1.165, 1.54) is 5.56 Å². The van der Waals surface area contributed by atoms with Gasteiger partial charge >= 0.3 is 0 Å². The second-order valence-electron chi connectivity index (χ2n) is 7.13. The molecule has 0 amide bonds. The third kappa shape index (κ3) is 5.58. The summed E-state index contributed by atoms with van der Waals surface area (Å²) in [6, 6.07) is 10.0. The van der Waals surface area contributed by atoms with Gasteiger partial charge in [-0.25, -0.2) is 13.1 Å². The van der Waals surface area contributed by atoms with Gasteiger partial charge in [0.05, 0.1) is 22.9 Å². The number of nitrogens with zero attached hydrogens (tertiary/aromatic N) is 3. The van der Waals surface area contributed by atoms with Crippen molar-refractivity contribution in [1.82, 2.24) is 20.4 Å². The maximum atomic E-state index is 11.6. The van der Waals surface area contributed by atoms with Crippen LogP contribution in [0.3, 0.4) is 0 Å². The molecule has 8 heteroatoms. The number of sulfone groups is 1. The van der Waals surface area contributed by atoms with Gasteiger partial charge in [-0.3, -0.25) is 4.99 Å². The van der Waals surface area contributed by atoms with Crippen LogP contribution >= 0.6 is 0 Å². The molecular weight excluding hydrogens is 374 g/mol. The Morgan fingerprint density at radius 2 is 2.11 bits per heavy atom. The first kappa shape index (κ1) is 20.4. The summed E-state index contributed by atoms with van der Waals surface area (Å²) in [5.41, 5.74) is 3.31. The first-order valence-electron chi connectivity index (χ1n) is 9.82. The molecule has 7 nitrogen and oxygen atoms in total. The minimum Gasteiger partial charge on any atom is -0.357 e. The monoisotopic (exact) mass is 403 g/mol. The minimum absolute atomic E-state index is 0.0471. The molecule has 2 heterocycles. The van der Waals surface area contributed by atoms with E-state index in [4.69, 9.17) is 0 Å². The lowest BCUT2D eigenvalue weighted by atomic mass is 10.1. The van der Waals surface area contributed by atoms with Crippen molar-refractivity contribution in [2.45, 2.75) is 39.2 Å². The summed E-state index contributed by atoms with van der Waals surface area (Å²) in [5, 5.41) is 11.1. The molecule has 0 saturated carbocycles. The molecule has 2 aromatic rings. The van der Waals surface area contributed by atoms with Crippen molar-refractivity contribution in [3.05, 3.63) is 47.8 Å². The van der Waals surface area contributed by atoms with Crippen LogP contribution in [-0.4, -0.2) is 54.8 Å². The highest BCUT2D eigenvalue weighted by Crippen LogP contribution is 2.14. The van der Waals surface area contributed by atoms with E-state index in [0.29, 0.717) is 18.9 Å². The minimum atomic E-state index is -2.90. The van der Waals surface area contributed by atoms with E-state index < -0.39 is 9.84 Å². The smallest absolute Gasteiger partial charge is 0.191 e. The van der Waals surface area contributed by atoms with E-state index in [2.05, 4.69) is 26.9 Å². The van der Waals surface area contributed by atoms with Gasteiger partial charge in [0, 0.05) is 25.3 Å². The molecular formula is C20H29N5O2S. The van der Waals surface area contributed by atoms with Crippen molar-refractivity contribution in [2.75, 3.05) is 24.6 Å². The summed E-state index contributed by atoms with van der Waals surface area (Å²) >= 11 is 0. The number of para-hydroxylation sites is 1. The molecule has 3 rings (SSSR count). The van der Waals surface area contributed by atoms with Crippen molar-refractivity contribution in [2.24, 2.45) is 4.99 Å². The zero-order valence-electron chi connectivity index (χ0n) is 16.6. The molecule has 0 bridgehead atoms. The van der Waals surface area contributed by atoms with Gasteiger partial charge in [-0.1, -0.05) is 18.2 Å². The SMILES string of the molecule is CCNC(=NCCCc1cn(-c2ccccc2)nc1C)NC1CCS(=O)(=O)C1. The fourth-order valence-corrected chi connectivity index (χ4v) is 5.01. The molecule has 1 aliphatic heterocycles. The van der Waals surface area contributed by atoms with Crippen molar-refractivity contribution >= 4 is 15.8 Å². The Morgan fingerprint density at radius 3 is 2.79 bits per heavy atom. The Kier molecular flexibility index (Phi) is 6.72. The molecule has 1 unspecified atom stereocenters. The highest BCUT2D eigenvalue weighted by Gasteiger charge is 2.28. The van der Waals surface area contributed by atoms with Crippen LogP contribution in [0.1, 0.15) is 31.0 Å². The lowest BCUT2D eigenvalue weighted by Crippen LogP contribution is -2.44. The Hall–Kier alpha value is -2.35. The van der Waals surface area contributed by atoms with Crippen LogP contribution in [0.15, 0.2) is 41.5 Å². The third-order valence-corrected chi connectivity index (χ3v) is 6.58. The Morgan fingerprint density at radius 1 is 1.32 bits per heavy atom. The number of aromatic nitrogens is 2. The van der Waals surface area contributed by atoms with Crippen LogP contribution in [-0.2, 0) is 16.3 Å². The first-order chi connectivity index (χ1) is 13.5. The van der Waals surface area contributed by atoms with Gasteiger partial charge in [0.2, 0.25) is 0 Å². The normalized spacial score (nSPS) is 18.9. The summed E-state index contributed by atoms with van der Waals surface area (Å²) < 4.78 is 25.2. The Balaban J connectivity index is 1.53. The number of rotatable bonds is 7. The second-order valence-corrected chi connectivity index (χ2v) is 9.36. The fourth-order valence-electron chi connectivity index (χ4n) is 3.34. The van der Waals surface area contributed by atoms with Crippen LogP contribution in [0.5, 0.6) is 0 Å². The van der Waals surface area contributed by atoms with Crippen molar-refractivity contribution in [3.63, 3.8) is 0 Å². The molecule has 2 N–H and O–H groups in total. The third-order valence-electron chi connectivity index (χ3n) is 4.81. The standard InChI is InChI=1S/C20H29N5O2S/c1-3-21-20(23-18-11-13-28(26,27)15-18)22-12-7-8-17-14-25(24-16(17)2)19-9-5-4-6-10-19/h4-6,9-10,14,18H,3,7-8,11-13,15H2,1-2H3,(H2,21,22,23). The number of aryl methyl sites for hydroxylation is 2. The van der Waals surface area contributed by atoms with Crippen LogP contribution < -0.4 is 10.6 Å². The van der Waals surface area contributed by atoms with Gasteiger partial charge in [-0.15, -0.1) is 0 Å². The Labute approximate surface area is 167 Å². The van der Waals surface area contributed by atoms with E-state index in [-0.39, 0.29) is 17.5 Å². The Bertz CT molecular complexity index is 906. The lowest BCUT2D eigenvalue weighted by molar-refractivity contribution is 0.599. The van der Waals surface area contributed by atoms with Gasteiger partial charge in [-0.2, -0.15) is 5.10 Å². The fraction of sp³-hybridized carbons (Fsp3) is 0.500. The maximum absolute atomic E-state index is 11.6. The summed E-state index contributed by atoms with van der Waals surface area (Å²) in [6.45, 7) is 5.45. The number of guanidine groups is 1. The summed E-state index contributed by atoms with van der Waals surface area (Å²) in [6.07, 6.45) is 4.53. The molecule has 1 fully saturated rings. The zero-order chi connectivity index (χ0) is 20.0. The number of aliphatic imine (C=N–C) groups is 1. The largest absolute Gasteiger partial charge is 0.357 e. The van der Waals surface area contributed by atoms with Crippen molar-refractivity contribution < 1.29 is 8.42 Å². The van der Waals surface area contributed by atoms with Gasteiger partial charge in [0.25, 0.3) is 0 Å². The highest BCUT2D eigenvalue weighted by molar-refractivity contribution is 7.91. The zero-order valence-corrected chi connectivity index (χ0v) is 17.4. The highest BCUT2D eigenvalue weighted by atomic mass is 32.2. The van der Waals surface area contributed by atoms with E-state index in [9.17, 15) is 8.42 Å². The van der Waals surface area contributed by atoms with Crippen molar-refractivity contribution in [1.29, 1.82) is 0 Å². The number of hydrogen-bond donors (Lipinski definition) is 2. The summed E-state index contributed by atoms with van der Waals surface area (Å²) in [7, 11) is -2.90. The molecule has 0 spiro atoms. The van der Waals surface area contributed by atoms with Gasteiger partial charge in [-0.05, 0) is 50.8 Å². The average molecular weight is 404 g/mol.